The lowest BCUT2D eigenvalue weighted by atomic mass is 10.2. The third kappa shape index (κ3) is 4.64. The molecule has 0 spiro atoms. The molecular formula is C18H15ClF2N4. The molecule has 7 heteroatoms. The standard InChI is InChI=1S/C18H15ClF2N4/c1-11-23-17(22-10-12-2-4-13(20)5-3-12)9-18(24-11)25-14-6-7-16(21)15(19)8-14/h2-9H,10H2,1H3,(H2,22,23,24,25). The smallest absolute Gasteiger partial charge is 0.141 e. The molecule has 0 aliphatic carbocycles. The van der Waals surface area contributed by atoms with Gasteiger partial charge < -0.3 is 10.6 Å². The van der Waals surface area contributed by atoms with Crippen LogP contribution in [0.2, 0.25) is 5.02 Å². The second-order valence-corrected chi connectivity index (χ2v) is 5.83. The highest BCUT2D eigenvalue weighted by molar-refractivity contribution is 6.31. The Kier molecular flexibility index (Phi) is 5.09. The number of halogens is 3. The molecule has 3 rings (SSSR count). The fraction of sp³-hybridized carbons (Fsp3) is 0.111. The lowest BCUT2D eigenvalue weighted by Gasteiger charge is -2.11. The van der Waals surface area contributed by atoms with E-state index < -0.39 is 5.82 Å². The van der Waals surface area contributed by atoms with Gasteiger partial charge in [0.05, 0.1) is 5.02 Å². The van der Waals surface area contributed by atoms with Gasteiger partial charge in [0, 0.05) is 18.3 Å². The van der Waals surface area contributed by atoms with Crippen LogP contribution < -0.4 is 10.6 Å². The zero-order valence-electron chi connectivity index (χ0n) is 13.4. The van der Waals surface area contributed by atoms with E-state index in [2.05, 4.69) is 20.6 Å². The van der Waals surface area contributed by atoms with Gasteiger partial charge in [0.2, 0.25) is 0 Å². The molecule has 0 aliphatic heterocycles. The summed E-state index contributed by atoms with van der Waals surface area (Å²) in [6, 6.07) is 12.3. The summed E-state index contributed by atoms with van der Waals surface area (Å²) in [6.45, 7) is 2.27. The van der Waals surface area contributed by atoms with Crippen LogP contribution in [0.25, 0.3) is 0 Å². The Bertz CT molecular complexity index is 885. The number of nitrogens with zero attached hydrogens (tertiary/aromatic N) is 2. The zero-order valence-corrected chi connectivity index (χ0v) is 14.1. The summed E-state index contributed by atoms with van der Waals surface area (Å²) in [5.74, 6) is 0.989. The van der Waals surface area contributed by atoms with Crippen molar-refractivity contribution in [3.05, 3.63) is 76.6 Å². The molecule has 0 bridgehead atoms. The number of benzene rings is 2. The van der Waals surface area contributed by atoms with Crippen LogP contribution in [0.4, 0.5) is 26.1 Å². The van der Waals surface area contributed by atoms with Crippen LogP contribution in [0.15, 0.2) is 48.5 Å². The van der Waals surface area contributed by atoms with Crippen molar-refractivity contribution in [2.75, 3.05) is 10.6 Å². The maximum atomic E-state index is 13.2. The molecular weight excluding hydrogens is 346 g/mol. The number of nitrogens with one attached hydrogen (secondary N) is 2. The minimum atomic E-state index is -0.479. The van der Waals surface area contributed by atoms with E-state index >= 15 is 0 Å². The monoisotopic (exact) mass is 360 g/mol. The van der Waals surface area contributed by atoms with E-state index in [9.17, 15) is 8.78 Å². The second-order valence-electron chi connectivity index (χ2n) is 5.42. The fourth-order valence-electron chi connectivity index (χ4n) is 2.24. The van der Waals surface area contributed by atoms with Gasteiger partial charge in [0.15, 0.2) is 0 Å². The largest absolute Gasteiger partial charge is 0.366 e. The molecule has 0 saturated carbocycles. The number of aryl methyl sites for hydroxylation is 1. The third-order valence-electron chi connectivity index (χ3n) is 3.42. The molecule has 1 heterocycles. The van der Waals surface area contributed by atoms with Crippen molar-refractivity contribution in [3.8, 4) is 0 Å². The molecule has 0 radical (unpaired) electrons. The van der Waals surface area contributed by atoms with Crippen molar-refractivity contribution in [1.82, 2.24) is 9.97 Å². The first-order chi connectivity index (χ1) is 12.0. The average molecular weight is 361 g/mol. The molecule has 3 aromatic rings. The molecule has 0 fully saturated rings. The topological polar surface area (TPSA) is 49.8 Å². The summed E-state index contributed by atoms with van der Waals surface area (Å²) in [4.78, 5) is 8.62. The van der Waals surface area contributed by atoms with Crippen molar-refractivity contribution < 1.29 is 8.78 Å². The van der Waals surface area contributed by atoms with Gasteiger partial charge in [-0.3, -0.25) is 0 Å². The van der Waals surface area contributed by atoms with Crippen LogP contribution in [-0.4, -0.2) is 9.97 Å². The summed E-state index contributed by atoms with van der Waals surface area (Å²) in [5, 5.41) is 6.27. The predicted molar refractivity (Wildman–Crippen MR) is 95.2 cm³/mol. The molecule has 1 aromatic heterocycles. The number of hydrogen-bond donors (Lipinski definition) is 2. The van der Waals surface area contributed by atoms with E-state index in [1.165, 1.54) is 24.3 Å². The van der Waals surface area contributed by atoms with E-state index in [1.54, 1.807) is 31.2 Å². The van der Waals surface area contributed by atoms with Gasteiger partial charge in [-0.1, -0.05) is 23.7 Å². The molecule has 0 unspecified atom stereocenters. The Hall–Kier alpha value is -2.73. The van der Waals surface area contributed by atoms with Crippen molar-refractivity contribution in [3.63, 3.8) is 0 Å². The first kappa shape index (κ1) is 17.1. The molecule has 0 aliphatic rings. The average Bonchev–Trinajstić information content (AvgIpc) is 2.57. The molecule has 0 amide bonds. The Morgan fingerprint density at radius 2 is 1.68 bits per heavy atom. The Morgan fingerprint density at radius 1 is 0.960 bits per heavy atom. The minimum absolute atomic E-state index is 0.0328. The molecule has 4 nitrogen and oxygen atoms in total. The molecule has 2 aromatic carbocycles. The van der Waals surface area contributed by atoms with Crippen LogP contribution >= 0.6 is 11.6 Å². The van der Waals surface area contributed by atoms with Crippen LogP contribution in [0, 0.1) is 18.6 Å². The van der Waals surface area contributed by atoms with Crippen molar-refractivity contribution in [1.29, 1.82) is 0 Å². The number of rotatable bonds is 5. The SMILES string of the molecule is Cc1nc(NCc2ccc(F)cc2)cc(Nc2ccc(F)c(Cl)c2)n1. The maximum absolute atomic E-state index is 13.2. The highest BCUT2D eigenvalue weighted by Crippen LogP contribution is 2.23. The summed E-state index contributed by atoms with van der Waals surface area (Å²) in [6.07, 6.45) is 0. The lowest BCUT2D eigenvalue weighted by molar-refractivity contribution is 0.627. The normalized spacial score (nSPS) is 10.6. The van der Waals surface area contributed by atoms with E-state index in [0.29, 0.717) is 29.7 Å². The molecule has 128 valence electrons. The number of aromatic nitrogens is 2. The summed E-state index contributed by atoms with van der Waals surface area (Å²) in [5.41, 5.74) is 1.55. The fourth-order valence-corrected chi connectivity index (χ4v) is 2.42. The number of anilines is 3. The lowest BCUT2D eigenvalue weighted by Crippen LogP contribution is -2.05. The van der Waals surface area contributed by atoms with Crippen LogP contribution in [0.5, 0.6) is 0 Å². The Labute approximate surface area is 148 Å². The summed E-state index contributed by atoms with van der Waals surface area (Å²) >= 11 is 5.78. The van der Waals surface area contributed by atoms with E-state index in [1.807, 2.05) is 0 Å². The quantitative estimate of drug-likeness (QED) is 0.666. The van der Waals surface area contributed by atoms with E-state index in [0.717, 1.165) is 5.56 Å². The molecule has 25 heavy (non-hydrogen) atoms. The Balaban J connectivity index is 1.73. The van der Waals surface area contributed by atoms with Gasteiger partial charge in [0.25, 0.3) is 0 Å². The van der Waals surface area contributed by atoms with E-state index in [-0.39, 0.29) is 10.8 Å². The van der Waals surface area contributed by atoms with Gasteiger partial charge in [-0.2, -0.15) is 0 Å². The van der Waals surface area contributed by atoms with Crippen molar-refractivity contribution >= 4 is 28.9 Å². The minimum Gasteiger partial charge on any atom is -0.366 e. The van der Waals surface area contributed by atoms with Crippen LogP contribution in [-0.2, 0) is 6.54 Å². The highest BCUT2D eigenvalue weighted by Gasteiger charge is 2.05. The predicted octanol–water partition coefficient (Wildman–Crippen LogP) is 5.07. The molecule has 2 N–H and O–H groups in total. The van der Waals surface area contributed by atoms with Crippen molar-refractivity contribution in [2.24, 2.45) is 0 Å². The number of hydrogen-bond acceptors (Lipinski definition) is 4. The summed E-state index contributed by atoms with van der Waals surface area (Å²) in [7, 11) is 0. The Morgan fingerprint density at radius 3 is 2.40 bits per heavy atom. The van der Waals surface area contributed by atoms with E-state index in [4.69, 9.17) is 11.6 Å². The van der Waals surface area contributed by atoms with Crippen LogP contribution in [0.1, 0.15) is 11.4 Å². The first-order valence-corrected chi connectivity index (χ1v) is 7.93. The van der Waals surface area contributed by atoms with Gasteiger partial charge in [-0.25, -0.2) is 18.7 Å². The highest BCUT2D eigenvalue weighted by atomic mass is 35.5. The van der Waals surface area contributed by atoms with Gasteiger partial charge in [-0.05, 0) is 42.8 Å². The second kappa shape index (κ2) is 7.44. The van der Waals surface area contributed by atoms with Gasteiger partial charge in [0.1, 0.15) is 29.1 Å². The third-order valence-corrected chi connectivity index (χ3v) is 3.71. The van der Waals surface area contributed by atoms with Crippen LogP contribution in [0.3, 0.4) is 0 Å². The first-order valence-electron chi connectivity index (χ1n) is 7.56. The summed E-state index contributed by atoms with van der Waals surface area (Å²) < 4.78 is 26.2. The molecule has 0 saturated heterocycles. The maximum Gasteiger partial charge on any atom is 0.141 e. The zero-order chi connectivity index (χ0) is 17.8. The van der Waals surface area contributed by atoms with Crippen molar-refractivity contribution in [2.45, 2.75) is 13.5 Å². The molecule has 0 atom stereocenters. The van der Waals surface area contributed by atoms with Gasteiger partial charge in [-0.15, -0.1) is 0 Å². The van der Waals surface area contributed by atoms with Gasteiger partial charge >= 0.3 is 0 Å².